The second-order valence-electron chi connectivity index (χ2n) is 14.2. The molecule has 1 N–H and O–H groups in total. The van der Waals surface area contributed by atoms with E-state index in [0.717, 1.165) is 71.5 Å². The summed E-state index contributed by atoms with van der Waals surface area (Å²) in [5.74, 6) is 0.915. The quantitative estimate of drug-likeness (QED) is 0.187. The highest BCUT2D eigenvalue weighted by molar-refractivity contribution is 7.99. The van der Waals surface area contributed by atoms with Crippen LogP contribution in [0.4, 0.5) is 4.39 Å². The average Bonchev–Trinajstić information content (AvgIpc) is 4.00. The summed E-state index contributed by atoms with van der Waals surface area (Å²) in [6, 6.07) is 29.8. The first-order chi connectivity index (χ1) is 25.3. The Labute approximate surface area is 307 Å². The van der Waals surface area contributed by atoms with Crippen LogP contribution in [0.25, 0.3) is 34.2 Å². The Balaban J connectivity index is 0.000000430. The van der Waals surface area contributed by atoms with Crippen molar-refractivity contribution < 1.29 is 13.9 Å². The average molecular weight is 706 g/mol. The molecule has 0 aliphatic heterocycles. The summed E-state index contributed by atoms with van der Waals surface area (Å²) in [4.78, 5) is 17.6. The smallest absolute Gasteiger partial charge is 0.339 e. The first-order valence-corrected chi connectivity index (χ1v) is 18.9. The molecule has 1 atom stereocenters. The van der Waals surface area contributed by atoms with Crippen molar-refractivity contribution in [2.45, 2.75) is 73.5 Å². The topological polar surface area (TPSA) is 63.3 Å². The van der Waals surface area contributed by atoms with Crippen LogP contribution >= 0.6 is 11.8 Å². The van der Waals surface area contributed by atoms with Crippen LogP contribution in [0.15, 0.2) is 128 Å². The van der Waals surface area contributed by atoms with Crippen LogP contribution in [0.3, 0.4) is 0 Å². The third-order valence-electron chi connectivity index (χ3n) is 10.3. The molecule has 4 nitrogen and oxygen atoms in total. The van der Waals surface area contributed by atoms with Crippen LogP contribution in [-0.2, 0) is 12.8 Å². The molecule has 0 bridgehead atoms. The maximum Gasteiger partial charge on any atom is 0.339 e. The van der Waals surface area contributed by atoms with Crippen molar-refractivity contribution >= 4 is 34.8 Å². The Hall–Kier alpha value is -5.20. The monoisotopic (exact) mass is 705 g/mol. The van der Waals surface area contributed by atoms with E-state index in [2.05, 4.69) is 103 Å². The van der Waals surface area contributed by atoms with Gasteiger partial charge in [-0.05, 0) is 107 Å². The molecule has 3 aliphatic rings. The Morgan fingerprint density at radius 3 is 2.52 bits per heavy atom. The lowest BCUT2D eigenvalue weighted by Crippen LogP contribution is -2.13. The van der Waals surface area contributed by atoms with Gasteiger partial charge in [-0.3, -0.25) is 4.98 Å². The molecule has 3 aliphatic carbocycles. The van der Waals surface area contributed by atoms with Gasteiger partial charge in [0.2, 0.25) is 0 Å². The van der Waals surface area contributed by atoms with Gasteiger partial charge in [-0.25, -0.2) is 9.18 Å². The Kier molecular flexibility index (Phi) is 9.42. The molecule has 0 amide bonds. The molecule has 2 aromatic heterocycles. The number of allylic oxidation sites excluding steroid dienone is 2. The molecule has 52 heavy (non-hydrogen) atoms. The van der Waals surface area contributed by atoms with E-state index < -0.39 is 5.63 Å². The van der Waals surface area contributed by atoms with Gasteiger partial charge in [-0.15, -0.1) is 0 Å². The first-order valence-electron chi connectivity index (χ1n) is 18.1. The molecule has 0 saturated heterocycles. The van der Waals surface area contributed by atoms with Crippen LogP contribution in [0.5, 0.6) is 5.75 Å². The summed E-state index contributed by atoms with van der Waals surface area (Å²) >= 11 is 1.75. The van der Waals surface area contributed by atoms with E-state index in [1.165, 1.54) is 49.9 Å². The van der Waals surface area contributed by atoms with E-state index in [1.54, 1.807) is 23.9 Å². The molecule has 4 aromatic carbocycles. The molecule has 9 rings (SSSR count). The summed E-state index contributed by atoms with van der Waals surface area (Å²) < 4.78 is 19.1. The van der Waals surface area contributed by atoms with Gasteiger partial charge in [-0.1, -0.05) is 98.4 Å². The number of nitrogens with zero attached hydrogens (tertiary/aromatic N) is 1. The lowest BCUT2D eigenvalue weighted by atomic mass is 9.74. The van der Waals surface area contributed by atoms with Crippen molar-refractivity contribution in [2.75, 3.05) is 0 Å². The van der Waals surface area contributed by atoms with Gasteiger partial charge in [0.1, 0.15) is 11.6 Å². The highest BCUT2D eigenvalue weighted by atomic mass is 32.2. The second kappa shape index (κ2) is 14.4. The number of benzene rings is 4. The number of pyridine rings is 1. The number of aromatic nitrogens is 1. The summed E-state index contributed by atoms with van der Waals surface area (Å²) in [7, 11) is 0. The zero-order valence-corrected chi connectivity index (χ0v) is 30.1. The van der Waals surface area contributed by atoms with E-state index in [4.69, 9.17) is 10.1 Å². The maximum absolute atomic E-state index is 14.8. The minimum Gasteiger partial charge on any atom is -0.508 e. The predicted molar refractivity (Wildman–Crippen MR) is 210 cm³/mol. The van der Waals surface area contributed by atoms with Crippen molar-refractivity contribution in [3.05, 3.63) is 165 Å². The summed E-state index contributed by atoms with van der Waals surface area (Å²) in [5.41, 5.74) is 12.5. The van der Waals surface area contributed by atoms with E-state index >= 15 is 0 Å². The van der Waals surface area contributed by atoms with Crippen LogP contribution in [0.2, 0.25) is 0 Å². The van der Waals surface area contributed by atoms with Gasteiger partial charge in [0.15, 0.2) is 0 Å². The fourth-order valence-corrected chi connectivity index (χ4v) is 8.52. The standard InChI is InChI=1S/C41H36FNS.C5H4O3/c1-25(2)26-13-18-31(19-14-26)44-41-36(40(28-11-12-28)43-39-22-17-30(42)24-38(39)41)21-16-29-23-37-32-8-4-3-7-27(32)15-20-35(37)34-10-6-5-9-33(29)34;6-4-1-2-8-5(7)3-4/h3,5-7,9-10,13-22,24-25,28-29H,4,8,11-12,23H2,1-2H3;1-3,6H/b21-16+;. The Morgan fingerprint density at radius 2 is 1.77 bits per heavy atom. The number of halogens is 1. The van der Waals surface area contributed by atoms with Crippen molar-refractivity contribution in [2.24, 2.45) is 0 Å². The number of fused-ring (bicyclic) bond motifs is 6. The zero-order valence-electron chi connectivity index (χ0n) is 29.3. The number of rotatable bonds is 6. The van der Waals surface area contributed by atoms with Crippen LogP contribution in [0.1, 0.15) is 89.9 Å². The molecule has 6 aromatic rings. The van der Waals surface area contributed by atoms with E-state index in [1.807, 2.05) is 6.07 Å². The van der Waals surface area contributed by atoms with Gasteiger partial charge >= 0.3 is 5.63 Å². The van der Waals surface area contributed by atoms with Crippen LogP contribution < -0.4 is 5.63 Å². The van der Waals surface area contributed by atoms with Crippen LogP contribution in [0, 0.1) is 5.82 Å². The van der Waals surface area contributed by atoms with Crippen molar-refractivity contribution in [1.82, 2.24) is 4.98 Å². The molecule has 1 saturated carbocycles. The predicted octanol–water partition coefficient (Wildman–Crippen LogP) is 11.9. The van der Waals surface area contributed by atoms with E-state index in [-0.39, 0.29) is 17.5 Å². The van der Waals surface area contributed by atoms with Crippen molar-refractivity contribution in [3.63, 3.8) is 0 Å². The SMILES string of the molecule is CC(C)c1ccc(Sc2c(/C=C/C3Cc4c(ccc5c4CCC=C5)-c4ccccc43)c(C3CC3)nc3ccc(F)cc23)cc1.O=c1cc(O)cco1. The van der Waals surface area contributed by atoms with E-state index in [0.29, 0.717) is 11.8 Å². The molecular weight excluding hydrogens is 666 g/mol. The molecule has 0 radical (unpaired) electrons. The van der Waals surface area contributed by atoms with Crippen LogP contribution in [-0.4, -0.2) is 10.1 Å². The minimum absolute atomic E-state index is 0.0683. The Morgan fingerprint density at radius 1 is 0.942 bits per heavy atom. The molecule has 2 heterocycles. The second-order valence-corrected chi connectivity index (χ2v) is 15.3. The summed E-state index contributed by atoms with van der Waals surface area (Å²) in [6.45, 7) is 4.45. The molecule has 260 valence electrons. The van der Waals surface area contributed by atoms with Crippen molar-refractivity contribution in [3.8, 4) is 16.9 Å². The van der Waals surface area contributed by atoms with Gasteiger partial charge in [0, 0.05) is 38.6 Å². The highest BCUT2D eigenvalue weighted by Gasteiger charge is 2.31. The molecule has 0 spiro atoms. The van der Waals surface area contributed by atoms with Gasteiger partial charge in [0.05, 0.1) is 23.5 Å². The third-order valence-corrected chi connectivity index (χ3v) is 11.4. The minimum atomic E-state index is -0.537. The third kappa shape index (κ3) is 7.00. The molecule has 6 heteroatoms. The largest absolute Gasteiger partial charge is 0.508 e. The summed E-state index contributed by atoms with van der Waals surface area (Å²) in [6.07, 6.45) is 16.0. The normalized spacial score (nSPS) is 16.0. The molecule has 1 unspecified atom stereocenters. The Bertz CT molecular complexity index is 2410. The highest BCUT2D eigenvalue weighted by Crippen LogP contribution is 2.48. The lowest BCUT2D eigenvalue weighted by molar-refractivity contribution is 0.447. The number of aromatic hydroxyl groups is 1. The maximum atomic E-state index is 14.8. The van der Waals surface area contributed by atoms with Gasteiger partial charge in [-0.2, -0.15) is 0 Å². The molecule has 1 fully saturated rings. The first kappa shape index (κ1) is 33.9. The molecular formula is C46H40FNO3S. The van der Waals surface area contributed by atoms with Gasteiger partial charge in [0.25, 0.3) is 0 Å². The van der Waals surface area contributed by atoms with Gasteiger partial charge < -0.3 is 9.52 Å². The lowest BCUT2D eigenvalue weighted by Gasteiger charge is -2.29. The van der Waals surface area contributed by atoms with Crippen molar-refractivity contribution in [1.29, 1.82) is 0 Å². The fourth-order valence-electron chi connectivity index (χ4n) is 7.46. The number of hydrogen-bond acceptors (Lipinski definition) is 5. The number of hydrogen-bond donors (Lipinski definition) is 1. The summed E-state index contributed by atoms with van der Waals surface area (Å²) in [5, 5.41) is 9.44. The zero-order chi connectivity index (χ0) is 35.8. The van der Waals surface area contributed by atoms with E-state index in [9.17, 15) is 9.18 Å². The fraction of sp³-hybridized carbons (Fsp3) is 0.217.